The number of ether oxygens (including phenoxy) is 2. The summed E-state index contributed by atoms with van der Waals surface area (Å²) >= 11 is 0. The van der Waals surface area contributed by atoms with Crippen LogP contribution in [-0.2, 0) is 4.74 Å². The normalized spacial score (nSPS) is 17.2. The van der Waals surface area contributed by atoms with Gasteiger partial charge in [-0.1, -0.05) is 0 Å². The fourth-order valence-electron chi connectivity index (χ4n) is 1.77. The van der Waals surface area contributed by atoms with Crippen molar-refractivity contribution >= 4 is 11.4 Å². The van der Waals surface area contributed by atoms with Crippen molar-refractivity contribution in [1.82, 2.24) is 0 Å². The van der Waals surface area contributed by atoms with E-state index < -0.39 is 0 Å². The Morgan fingerprint density at radius 2 is 1.94 bits per heavy atom. The lowest BCUT2D eigenvalue weighted by atomic mass is 10.0. The maximum atomic E-state index is 5.70. The van der Waals surface area contributed by atoms with Crippen molar-refractivity contribution in [2.75, 3.05) is 31.3 Å². The van der Waals surface area contributed by atoms with Gasteiger partial charge in [0.15, 0.2) is 0 Å². The Bertz CT molecular complexity index is 349. The molecule has 0 bridgehead atoms. The highest BCUT2D eigenvalue weighted by Gasteiger charge is 2.14. The first-order valence-electron chi connectivity index (χ1n) is 5.61. The smallest absolute Gasteiger partial charge is 0.121 e. The lowest BCUT2D eigenvalue weighted by Crippen LogP contribution is -2.21. The molecule has 0 unspecified atom stereocenters. The Balaban J connectivity index is 1.86. The third-order valence-electron chi connectivity index (χ3n) is 2.88. The van der Waals surface area contributed by atoms with E-state index in [1.807, 2.05) is 6.07 Å². The Kier molecular flexibility index (Phi) is 3.51. The van der Waals surface area contributed by atoms with Crippen molar-refractivity contribution in [3.63, 3.8) is 0 Å². The van der Waals surface area contributed by atoms with Gasteiger partial charge in [0.25, 0.3) is 0 Å². The maximum absolute atomic E-state index is 5.70. The number of nitrogens with two attached hydrogens (primary N) is 2. The van der Waals surface area contributed by atoms with Crippen LogP contribution in [-0.4, -0.2) is 19.8 Å². The van der Waals surface area contributed by atoms with Gasteiger partial charge in [0.2, 0.25) is 0 Å². The second kappa shape index (κ2) is 5.07. The molecule has 4 N–H and O–H groups in total. The third kappa shape index (κ3) is 2.79. The van der Waals surface area contributed by atoms with E-state index >= 15 is 0 Å². The SMILES string of the molecule is Nc1ccc(OCC2CCOCC2)cc1N. The summed E-state index contributed by atoms with van der Waals surface area (Å²) in [7, 11) is 0. The molecular weight excluding hydrogens is 204 g/mol. The molecule has 0 aliphatic carbocycles. The fourth-order valence-corrected chi connectivity index (χ4v) is 1.77. The van der Waals surface area contributed by atoms with Gasteiger partial charge in [0.1, 0.15) is 5.75 Å². The molecule has 16 heavy (non-hydrogen) atoms. The van der Waals surface area contributed by atoms with Gasteiger partial charge in [-0.15, -0.1) is 0 Å². The summed E-state index contributed by atoms with van der Waals surface area (Å²) in [6.45, 7) is 2.42. The number of anilines is 2. The Labute approximate surface area is 95.5 Å². The minimum Gasteiger partial charge on any atom is -0.493 e. The molecule has 1 saturated heterocycles. The first kappa shape index (κ1) is 11.1. The van der Waals surface area contributed by atoms with Crippen LogP contribution in [0, 0.1) is 5.92 Å². The number of hydrogen-bond acceptors (Lipinski definition) is 4. The lowest BCUT2D eigenvalue weighted by molar-refractivity contribution is 0.0498. The summed E-state index contributed by atoms with van der Waals surface area (Å²) in [4.78, 5) is 0. The van der Waals surface area contributed by atoms with Gasteiger partial charge in [-0.05, 0) is 30.9 Å². The predicted molar refractivity (Wildman–Crippen MR) is 64.3 cm³/mol. The standard InChI is InChI=1S/C12H18N2O2/c13-11-2-1-10(7-12(11)14)16-8-9-3-5-15-6-4-9/h1-2,7,9H,3-6,8,13-14H2. The van der Waals surface area contributed by atoms with E-state index in [1.165, 1.54) is 0 Å². The maximum Gasteiger partial charge on any atom is 0.121 e. The summed E-state index contributed by atoms with van der Waals surface area (Å²) in [5.74, 6) is 1.38. The Morgan fingerprint density at radius 3 is 2.62 bits per heavy atom. The summed E-state index contributed by atoms with van der Waals surface area (Å²) in [6, 6.07) is 5.40. The van der Waals surface area contributed by atoms with Crippen molar-refractivity contribution < 1.29 is 9.47 Å². The second-order valence-corrected chi connectivity index (χ2v) is 4.16. The molecule has 1 heterocycles. The minimum absolute atomic E-state index is 0.574. The van der Waals surface area contributed by atoms with Crippen LogP contribution in [0.5, 0.6) is 5.75 Å². The molecule has 1 aliphatic rings. The number of nitrogen functional groups attached to an aromatic ring is 2. The van der Waals surface area contributed by atoms with Gasteiger partial charge in [0, 0.05) is 19.3 Å². The quantitative estimate of drug-likeness (QED) is 0.763. The summed E-state index contributed by atoms with van der Waals surface area (Å²) in [6.07, 6.45) is 2.15. The number of rotatable bonds is 3. The molecule has 2 rings (SSSR count). The average Bonchev–Trinajstić information content (AvgIpc) is 2.32. The Hall–Kier alpha value is -1.42. The van der Waals surface area contributed by atoms with Crippen LogP contribution < -0.4 is 16.2 Å². The van der Waals surface area contributed by atoms with Crippen LogP contribution in [0.2, 0.25) is 0 Å². The topological polar surface area (TPSA) is 70.5 Å². The second-order valence-electron chi connectivity index (χ2n) is 4.16. The minimum atomic E-state index is 0.574. The zero-order chi connectivity index (χ0) is 11.4. The lowest BCUT2D eigenvalue weighted by Gasteiger charge is -2.22. The van der Waals surface area contributed by atoms with E-state index in [-0.39, 0.29) is 0 Å². The van der Waals surface area contributed by atoms with Gasteiger partial charge in [-0.3, -0.25) is 0 Å². The molecule has 0 spiro atoms. The molecule has 0 atom stereocenters. The van der Waals surface area contributed by atoms with E-state index in [0.29, 0.717) is 17.3 Å². The van der Waals surface area contributed by atoms with Crippen LogP contribution in [0.25, 0.3) is 0 Å². The van der Waals surface area contributed by atoms with E-state index in [4.69, 9.17) is 20.9 Å². The molecule has 0 amide bonds. The monoisotopic (exact) mass is 222 g/mol. The van der Waals surface area contributed by atoms with Gasteiger partial charge < -0.3 is 20.9 Å². The fraction of sp³-hybridized carbons (Fsp3) is 0.500. The molecule has 0 radical (unpaired) electrons. The highest BCUT2D eigenvalue weighted by atomic mass is 16.5. The van der Waals surface area contributed by atoms with E-state index in [0.717, 1.165) is 38.4 Å². The molecule has 1 fully saturated rings. The third-order valence-corrected chi connectivity index (χ3v) is 2.88. The van der Waals surface area contributed by atoms with Gasteiger partial charge in [-0.2, -0.15) is 0 Å². The predicted octanol–water partition coefficient (Wildman–Crippen LogP) is 1.66. The van der Waals surface area contributed by atoms with Crippen molar-refractivity contribution in [2.45, 2.75) is 12.8 Å². The van der Waals surface area contributed by atoms with Crippen molar-refractivity contribution in [1.29, 1.82) is 0 Å². The first-order chi connectivity index (χ1) is 7.75. The van der Waals surface area contributed by atoms with E-state index in [2.05, 4.69) is 0 Å². The van der Waals surface area contributed by atoms with Crippen LogP contribution in [0.4, 0.5) is 11.4 Å². The van der Waals surface area contributed by atoms with Crippen LogP contribution >= 0.6 is 0 Å². The van der Waals surface area contributed by atoms with Crippen molar-refractivity contribution in [3.05, 3.63) is 18.2 Å². The molecular formula is C12H18N2O2. The van der Waals surface area contributed by atoms with E-state index in [9.17, 15) is 0 Å². The summed E-state index contributed by atoms with van der Waals surface area (Å²) in [5, 5.41) is 0. The van der Waals surface area contributed by atoms with Gasteiger partial charge in [-0.25, -0.2) is 0 Å². The van der Waals surface area contributed by atoms with Crippen LogP contribution in [0.3, 0.4) is 0 Å². The largest absolute Gasteiger partial charge is 0.493 e. The van der Waals surface area contributed by atoms with Crippen LogP contribution in [0.15, 0.2) is 18.2 Å². The summed E-state index contributed by atoms with van der Waals surface area (Å²) in [5.41, 5.74) is 12.5. The number of benzene rings is 1. The number of hydrogen-bond donors (Lipinski definition) is 2. The highest BCUT2D eigenvalue weighted by Crippen LogP contribution is 2.23. The molecule has 88 valence electrons. The molecule has 4 heteroatoms. The van der Waals surface area contributed by atoms with Gasteiger partial charge in [0.05, 0.1) is 18.0 Å². The average molecular weight is 222 g/mol. The van der Waals surface area contributed by atoms with Gasteiger partial charge >= 0.3 is 0 Å². The Morgan fingerprint density at radius 1 is 1.19 bits per heavy atom. The zero-order valence-corrected chi connectivity index (χ0v) is 9.32. The molecule has 0 aromatic heterocycles. The highest BCUT2D eigenvalue weighted by molar-refractivity contribution is 5.65. The van der Waals surface area contributed by atoms with Crippen molar-refractivity contribution in [2.24, 2.45) is 5.92 Å². The molecule has 1 aliphatic heterocycles. The van der Waals surface area contributed by atoms with Crippen LogP contribution in [0.1, 0.15) is 12.8 Å². The first-order valence-corrected chi connectivity index (χ1v) is 5.61. The zero-order valence-electron chi connectivity index (χ0n) is 9.32. The molecule has 4 nitrogen and oxygen atoms in total. The molecule has 1 aromatic rings. The molecule has 1 aromatic carbocycles. The molecule has 0 saturated carbocycles. The van der Waals surface area contributed by atoms with Crippen molar-refractivity contribution in [3.8, 4) is 5.75 Å². The van der Waals surface area contributed by atoms with E-state index in [1.54, 1.807) is 12.1 Å². The summed E-state index contributed by atoms with van der Waals surface area (Å²) < 4.78 is 11.0.